The van der Waals surface area contributed by atoms with E-state index in [0.29, 0.717) is 0 Å². The number of hydrogen-bond acceptors (Lipinski definition) is 8. The molecule has 1 fully saturated rings. The van der Waals surface area contributed by atoms with Crippen LogP contribution < -0.4 is 29.6 Å². The van der Waals surface area contributed by atoms with Crippen LogP contribution in [-0.2, 0) is 33.5 Å². The van der Waals surface area contributed by atoms with Crippen molar-refractivity contribution >= 4 is 10.4 Å². The topological polar surface area (TPSA) is 103 Å². The van der Waals surface area contributed by atoms with Gasteiger partial charge >= 0.3 is 29.6 Å². The first-order chi connectivity index (χ1) is 8.84. The fraction of sp³-hybridized carbons (Fsp3) is 1.00. The summed E-state index contributed by atoms with van der Waals surface area (Å²) >= 11 is 0. The predicted octanol–water partition coefficient (Wildman–Crippen LogP) is -3.50. The van der Waals surface area contributed by atoms with E-state index in [1.54, 1.807) is 6.92 Å². The molecule has 1 rings (SSSR count). The summed E-state index contributed by atoms with van der Waals surface area (Å²) in [5.41, 5.74) is 0. The van der Waals surface area contributed by atoms with Gasteiger partial charge in [0.2, 0.25) is 10.4 Å². The van der Waals surface area contributed by atoms with Crippen LogP contribution in [-0.4, -0.2) is 65.5 Å². The van der Waals surface area contributed by atoms with Crippen LogP contribution >= 0.6 is 0 Å². The van der Waals surface area contributed by atoms with E-state index in [1.807, 2.05) is 0 Å². The van der Waals surface area contributed by atoms with Gasteiger partial charge in [0, 0.05) is 27.2 Å². The molecule has 5 atom stereocenters. The fourth-order valence-electron chi connectivity index (χ4n) is 2.16. The van der Waals surface area contributed by atoms with E-state index < -0.39 is 28.9 Å². The number of methoxy groups -OCH3 is 3. The first kappa shape index (κ1) is 20.7. The molecule has 0 aliphatic carbocycles. The van der Waals surface area contributed by atoms with Crippen molar-refractivity contribution in [2.45, 2.75) is 31.5 Å². The third-order valence-corrected chi connectivity index (χ3v) is 3.58. The van der Waals surface area contributed by atoms with Crippen molar-refractivity contribution < 1.29 is 65.7 Å². The quantitative estimate of drug-likeness (QED) is 0.282. The van der Waals surface area contributed by atoms with Crippen molar-refractivity contribution in [3.63, 3.8) is 0 Å². The van der Waals surface area contributed by atoms with Crippen LogP contribution in [0.25, 0.3) is 0 Å². The summed E-state index contributed by atoms with van der Waals surface area (Å²) in [6, 6.07) is 0. The molecule has 20 heavy (non-hydrogen) atoms. The van der Waals surface area contributed by atoms with Gasteiger partial charge < -0.3 is 23.5 Å². The predicted molar refractivity (Wildman–Crippen MR) is 62.1 cm³/mol. The minimum Gasteiger partial charge on any atom is -0.726 e. The van der Waals surface area contributed by atoms with Crippen LogP contribution in [0.15, 0.2) is 0 Å². The monoisotopic (exact) mass is 322 g/mol. The maximum atomic E-state index is 10.5. The molecule has 0 saturated carbocycles. The Bertz CT molecular complexity index is 375. The standard InChI is InChI=1S/C10H20O8S.Na/c1-6-7(5-17-19(11,12)13)18-10(16-4)9(15-3)8(6)14-2;/h6-10H,5H2,1-4H3,(H,11,12,13);/q;+1/p-1/t6?,7?,8-,9-,10+;/m0./s1. The molecule has 114 valence electrons. The average Bonchev–Trinajstić information content (AvgIpc) is 2.35. The van der Waals surface area contributed by atoms with Crippen LogP contribution in [0.3, 0.4) is 0 Å². The van der Waals surface area contributed by atoms with Gasteiger partial charge in [-0.3, -0.25) is 4.18 Å². The molecule has 0 aromatic carbocycles. The van der Waals surface area contributed by atoms with Gasteiger partial charge in [-0.25, -0.2) is 8.42 Å². The van der Waals surface area contributed by atoms with E-state index in [2.05, 4.69) is 4.18 Å². The van der Waals surface area contributed by atoms with Crippen molar-refractivity contribution in [2.24, 2.45) is 5.92 Å². The van der Waals surface area contributed by atoms with E-state index in [1.165, 1.54) is 21.3 Å². The van der Waals surface area contributed by atoms with E-state index in [4.69, 9.17) is 18.9 Å². The first-order valence-corrected chi connectivity index (χ1v) is 7.01. The molecule has 1 aliphatic heterocycles. The van der Waals surface area contributed by atoms with Crippen LogP contribution in [0.4, 0.5) is 0 Å². The summed E-state index contributed by atoms with van der Waals surface area (Å²) in [6.45, 7) is 1.40. The normalized spacial score (nSPS) is 34.5. The van der Waals surface area contributed by atoms with Gasteiger partial charge in [-0.05, 0) is 0 Å². The summed E-state index contributed by atoms with van der Waals surface area (Å²) < 4.78 is 56.9. The van der Waals surface area contributed by atoms with Crippen molar-refractivity contribution in [3.05, 3.63) is 0 Å². The Kier molecular flexibility index (Phi) is 9.30. The van der Waals surface area contributed by atoms with Crippen molar-refractivity contribution in [1.82, 2.24) is 0 Å². The molecule has 0 aromatic rings. The van der Waals surface area contributed by atoms with Crippen LogP contribution in [0.5, 0.6) is 0 Å². The fourth-order valence-corrected chi connectivity index (χ4v) is 2.47. The van der Waals surface area contributed by atoms with E-state index >= 15 is 0 Å². The molecule has 1 saturated heterocycles. The molecule has 1 heterocycles. The Morgan fingerprint density at radius 1 is 1.10 bits per heavy atom. The van der Waals surface area contributed by atoms with Crippen molar-refractivity contribution in [3.8, 4) is 0 Å². The largest absolute Gasteiger partial charge is 1.00 e. The van der Waals surface area contributed by atoms with Gasteiger partial charge in [0.1, 0.15) is 6.10 Å². The van der Waals surface area contributed by atoms with Gasteiger partial charge in [0.25, 0.3) is 0 Å². The Morgan fingerprint density at radius 3 is 2.05 bits per heavy atom. The zero-order chi connectivity index (χ0) is 14.6. The second kappa shape index (κ2) is 8.99. The van der Waals surface area contributed by atoms with Crippen molar-refractivity contribution in [2.75, 3.05) is 27.9 Å². The Morgan fingerprint density at radius 2 is 1.65 bits per heavy atom. The summed E-state index contributed by atoms with van der Waals surface area (Å²) in [5.74, 6) is -0.233. The molecule has 1 aliphatic rings. The number of hydrogen-bond donors (Lipinski definition) is 0. The van der Waals surface area contributed by atoms with Gasteiger partial charge in [-0.15, -0.1) is 0 Å². The van der Waals surface area contributed by atoms with Crippen LogP contribution in [0.1, 0.15) is 6.92 Å². The summed E-state index contributed by atoms with van der Waals surface area (Å²) in [4.78, 5) is 0. The molecular weight excluding hydrogens is 303 g/mol. The Hall–Kier alpha value is 0.710. The summed E-state index contributed by atoms with van der Waals surface area (Å²) in [5, 5.41) is 0. The third-order valence-electron chi connectivity index (χ3n) is 3.16. The third kappa shape index (κ3) is 5.48. The second-order valence-electron chi connectivity index (χ2n) is 4.23. The van der Waals surface area contributed by atoms with E-state index in [0.717, 1.165) is 0 Å². The SMILES string of the molecule is CO[C@@H]1OC(COS(=O)(=O)[O-])C(C)[C@H](OC)[C@@H]1OC.[Na+]. The smallest absolute Gasteiger partial charge is 0.726 e. The molecule has 0 N–H and O–H groups in total. The zero-order valence-corrected chi connectivity index (χ0v) is 15.1. The van der Waals surface area contributed by atoms with E-state index in [9.17, 15) is 13.0 Å². The molecule has 8 nitrogen and oxygen atoms in total. The second-order valence-corrected chi connectivity index (χ2v) is 5.28. The molecular formula is C10H19NaO8S. The molecule has 0 radical (unpaired) electrons. The maximum Gasteiger partial charge on any atom is 1.00 e. The molecule has 2 unspecified atom stereocenters. The Labute approximate surface area is 141 Å². The minimum atomic E-state index is -4.76. The van der Waals surface area contributed by atoms with Gasteiger partial charge in [0.15, 0.2) is 6.29 Å². The zero-order valence-electron chi connectivity index (χ0n) is 12.3. The van der Waals surface area contributed by atoms with E-state index in [-0.39, 0.29) is 48.2 Å². The minimum absolute atomic E-state index is 0. The molecule has 0 amide bonds. The molecule has 0 spiro atoms. The average molecular weight is 322 g/mol. The summed E-state index contributed by atoms with van der Waals surface area (Å²) in [7, 11) is -0.320. The summed E-state index contributed by atoms with van der Waals surface area (Å²) in [6.07, 6.45) is -2.20. The van der Waals surface area contributed by atoms with Gasteiger partial charge in [-0.2, -0.15) is 0 Å². The molecule has 10 heteroatoms. The number of ether oxygens (including phenoxy) is 4. The van der Waals surface area contributed by atoms with Crippen LogP contribution in [0, 0.1) is 5.92 Å². The molecule has 0 bridgehead atoms. The Balaban J connectivity index is 0.00000361. The number of rotatable bonds is 6. The first-order valence-electron chi connectivity index (χ1n) is 5.68. The van der Waals surface area contributed by atoms with Crippen LogP contribution in [0.2, 0.25) is 0 Å². The van der Waals surface area contributed by atoms with Gasteiger partial charge in [-0.1, -0.05) is 6.92 Å². The van der Waals surface area contributed by atoms with Gasteiger partial charge in [0.05, 0.1) is 18.8 Å². The maximum absolute atomic E-state index is 10.5. The molecule has 0 aromatic heterocycles. The van der Waals surface area contributed by atoms with Crippen molar-refractivity contribution in [1.29, 1.82) is 0 Å².